The molecule has 0 aromatic carbocycles. The third-order valence-electron chi connectivity index (χ3n) is 6.10. The summed E-state index contributed by atoms with van der Waals surface area (Å²) < 4.78 is 46.3. The fourth-order valence-electron chi connectivity index (χ4n) is 4.44. The molecule has 2 aliphatic heterocycles. The molecule has 5 rings (SSSR count). The fraction of sp³-hybridized carbons (Fsp3) is 0.476. The number of nitrogens with one attached hydrogen (secondary N) is 4. The average Bonchev–Trinajstić information content (AvgIpc) is 3.45. The lowest BCUT2D eigenvalue weighted by molar-refractivity contribution is -0.141. The number of hydrogen-bond acceptors (Lipinski definition) is 8. The number of piperidine rings is 1. The molecule has 9 nitrogen and oxygen atoms in total. The quantitative estimate of drug-likeness (QED) is 0.459. The van der Waals surface area contributed by atoms with E-state index in [9.17, 15) is 13.2 Å². The van der Waals surface area contributed by atoms with Crippen LogP contribution in [0.4, 0.5) is 19.0 Å². The molecular weight excluding hydrogens is 437 g/mol. The molecule has 3 aromatic heterocycles. The van der Waals surface area contributed by atoms with E-state index in [2.05, 4.69) is 36.0 Å². The lowest BCUT2D eigenvalue weighted by atomic mass is 10.1. The Labute approximate surface area is 188 Å². The van der Waals surface area contributed by atoms with E-state index in [0.29, 0.717) is 23.8 Å². The van der Waals surface area contributed by atoms with Gasteiger partial charge in [0.25, 0.3) is 0 Å². The molecule has 0 aliphatic carbocycles. The van der Waals surface area contributed by atoms with Crippen LogP contribution in [0.5, 0.6) is 5.88 Å². The van der Waals surface area contributed by atoms with E-state index in [4.69, 9.17) is 9.72 Å². The van der Waals surface area contributed by atoms with Gasteiger partial charge in [0.15, 0.2) is 5.65 Å². The second-order valence-electron chi connectivity index (χ2n) is 8.23. The molecule has 2 fully saturated rings. The Bertz CT molecular complexity index is 1130. The Balaban J connectivity index is 1.30. The van der Waals surface area contributed by atoms with Gasteiger partial charge in [0.1, 0.15) is 17.0 Å². The standard InChI is InChI=1S/C21H25F3N8O/c1-33-20-13(2-3-16(27-20)21(22,23)24)15-10-17(31-30-15)28-18-11-26-14-6-9-32(19(14)29-18)12-4-7-25-8-5-12/h2-3,6,9,11-12,15,17,25,30-31H,4-5,7-8,10H2,1H3,(H,28,29). The summed E-state index contributed by atoms with van der Waals surface area (Å²) in [6.07, 6.45) is 1.61. The van der Waals surface area contributed by atoms with Crippen LogP contribution in [0, 0.1) is 0 Å². The second-order valence-corrected chi connectivity index (χ2v) is 8.23. The number of aromatic nitrogens is 4. The van der Waals surface area contributed by atoms with Crippen molar-refractivity contribution >= 4 is 17.0 Å². The smallest absolute Gasteiger partial charge is 0.433 e. The van der Waals surface area contributed by atoms with E-state index in [-0.39, 0.29) is 18.1 Å². The largest absolute Gasteiger partial charge is 0.481 e. The summed E-state index contributed by atoms with van der Waals surface area (Å²) in [5.41, 5.74) is 7.46. The molecule has 2 unspecified atom stereocenters. The van der Waals surface area contributed by atoms with Gasteiger partial charge in [0, 0.05) is 24.2 Å². The number of nitrogens with zero attached hydrogens (tertiary/aromatic N) is 4. The molecule has 2 atom stereocenters. The van der Waals surface area contributed by atoms with Crippen LogP contribution in [0.25, 0.3) is 11.2 Å². The minimum absolute atomic E-state index is 0.0502. The molecule has 2 saturated heterocycles. The zero-order valence-corrected chi connectivity index (χ0v) is 18.0. The zero-order valence-electron chi connectivity index (χ0n) is 18.0. The van der Waals surface area contributed by atoms with E-state index in [0.717, 1.165) is 43.2 Å². The van der Waals surface area contributed by atoms with Crippen LogP contribution in [0.3, 0.4) is 0 Å². The number of fused-ring (bicyclic) bond motifs is 1. The summed E-state index contributed by atoms with van der Waals surface area (Å²) in [4.78, 5) is 12.9. The summed E-state index contributed by atoms with van der Waals surface area (Å²) in [6.45, 7) is 1.97. The molecule has 3 aromatic rings. The Morgan fingerprint density at radius 3 is 2.70 bits per heavy atom. The van der Waals surface area contributed by atoms with Gasteiger partial charge in [0.2, 0.25) is 5.88 Å². The number of hydrazine groups is 1. The first-order valence-electron chi connectivity index (χ1n) is 10.9. The first kappa shape index (κ1) is 21.9. The van der Waals surface area contributed by atoms with Gasteiger partial charge in [-0.25, -0.2) is 25.8 Å². The minimum atomic E-state index is -4.53. The number of hydrogen-bond donors (Lipinski definition) is 4. The number of halogens is 3. The van der Waals surface area contributed by atoms with Crippen LogP contribution >= 0.6 is 0 Å². The van der Waals surface area contributed by atoms with E-state index >= 15 is 0 Å². The maximum Gasteiger partial charge on any atom is 0.433 e. The minimum Gasteiger partial charge on any atom is -0.481 e. The van der Waals surface area contributed by atoms with Gasteiger partial charge in [0.05, 0.1) is 25.5 Å². The third-order valence-corrected chi connectivity index (χ3v) is 6.10. The Morgan fingerprint density at radius 2 is 1.94 bits per heavy atom. The summed E-state index contributed by atoms with van der Waals surface area (Å²) in [5, 5.41) is 6.69. The molecule has 33 heavy (non-hydrogen) atoms. The van der Waals surface area contributed by atoms with Gasteiger partial charge in [-0.1, -0.05) is 0 Å². The van der Waals surface area contributed by atoms with Gasteiger partial charge in [-0.2, -0.15) is 13.2 Å². The highest BCUT2D eigenvalue weighted by atomic mass is 19.4. The molecule has 0 saturated carbocycles. The first-order chi connectivity index (χ1) is 15.9. The lowest BCUT2D eigenvalue weighted by Gasteiger charge is -2.24. The molecule has 0 radical (unpaired) electrons. The van der Waals surface area contributed by atoms with Crippen LogP contribution < -0.4 is 26.2 Å². The molecule has 4 N–H and O–H groups in total. The maximum absolute atomic E-state index is 13.0. The van der Waals surface area contributed by atoms with Gasteiger partial charge in [-0.15, -0.1) is 0 Å². The highest BCUT2D eigenvalue weighted by molar-refractivity contribution is 5.73. The van der Waals surface area contributed by atoms with Crippen LogP contribution in [0.15, 0.2) is 30.6 Å². The molecule has 176 valence electrons. The number of rotatable bonds is 5. The van der Waals surface area contributed by atoms with Crippen molar-refractivity contribution in [3.8, 4) is 5.88 Å². The molecule has 12 heteroatoms. The van der Waals surface area contributed by atoms with Gasteiger partial charge in [-0.3, -0.25) is 0 Å². The molecule has 5 heterocycles. The SMILES string of the molecule is COc1nc(C(F)(F)F)ccc1C1CC(Nc2cnc3ccn(C4CCNCC4)c3n2)NN1. The van der Waals surface area contributed by atoms with Crippen LogP contribution in [0.2, 0.25) is 0 Å². The third kappa shape index (κ3) is 4.45. The Kier molecular flexibility index (Phi) is 5.81. The van der Waals surface area contributed by atoms with Crippen molar-refractivity contribution in [2.75, 3.05) is 25.5 Å². The second kappa shape index (κ2) is 8.76. The number of alkyl halides is 3. The molecule has 0 spiro atoms. The van der Waals surface area contributed by atoms with Crippen LogP contribution in [0.1, 0.15) is 42.6 Å². The van der Waals surface area contributed by atoms with Crippen molar-refractivity contribution in [1.29, 1.82) is 0 Å². The van der Waals surface area contributed by atoms with Gasteiger partial charge >= 0.3 is 6.18 Å². The molecular formula is C21H25F3N8O. The normalized spacial score (nSPS) is 22.1. The number of methoxy groups -OCH3 is 1. The van der Waals surface area contributed by atoms with Crippen molar-refractivity contribution in [1.82, 2.24) is 35.7 Å². The fourth-order valence-corrected chi connectivity index (χ4v) is 4.44. The molecule has 0 bridgehead atoms. The summed E-state index contributed by atoms with van der Waals surface area (Å²) in [7, 11) is 1.31. The Morgan fingerprint density at radius 1 is 1.12 bits per heavy atom. The number of anilines is 1. The van der Waals surface area contributed by atoms with Crippen molar-refractivity contribution in [2.24, 2.45) is 0 Å². The highest BCUT2D eigenvalue weighted by Gasteiger charge is 2.35. The van der Waals surface area contributed by atoms with E-state index in [1.165, 1.54) is 13.2 Å². The summed E-state index contributed by atoms with van der Waals surface area (Å²) >= 11 is 0. The molecule has 2 aliphatic rings. The maximum atomic E-state index is 13.0. The van der Waals surface area contributed by atoms with Gasteiger partial charge in [-0.05, 0) is 44.1 Å². The summed E-state index contributed by atoms with van der Waals surface area (Å²) in [6, 6.07) is 4.44. The average molecular weight is 462 g/mol. The highest BCUT2D eigenvalue weighted by Crippen LogP contribution is 2.34. The van der Waals surface area contributed by atoms with Crippen molar-refractivity contribution in [2.45, 2.75) is 43.7 Å². The number of pyridine rings is 1. The number of ether oxygens (including phenoxy) is 1. The first-order valence-corrected chi connectivity index (χ1v) is 10.9. The van der Waals surface area contributed by atoms with Crippen molar-refractivity contribution in [3.63, 3.8) is 0 Å². The van der Waals surface area contributed by atoms with Crippen molar-refractivity contribution in [3.05, 3.63) is 41.9 Å². The van der Waals surface area contributed by atoms with E-state index in [1.807, 2.05) is 12.3 Å². The van der Waals surface area contributed by atoms with Crippen LogP contribution in [-0.4, -0.2) is 45.9 Å². The predicted molar refractivity (Wildman–Crippen MR) is 115 cm³/mol. The monoisotopic (exact) mass is 462 g/mol. The Hall–Kier alpha value is -2.96. The topological polar surface area (TPSA) is 101 Å². The van der Waals surface area contributed by atoms with E-state index in [1.54, 1.807) is 6.20 Å². The van der Waals surface area contributed by atoms with Crippen LogP contribution in [-0.2, 0) is 6.18 Å². The van der Waals surface area contributed by atoms with E-state index < -0.39 is 11.9 Å². The lowest BCUT2D eigenvalue weighted by Crippen LogP contribution is -2.36. The predicted octanol–water partition coefficient (Wildman–Crippen LogP) is 2.76. The summed E-state index contributed by atoms with van der Waals surface area (Å²) in [5.74, 6) is 0.569. The zero-order chi connectivity index (χ0) is 23.0. The molecule has 0 amide bonds. The van der Waals surface area contributed by atoms with Crippen molar-refractivity contribution < 1.29 is 17.9 Å². The van der Waals surface area contributed by atoms with Gasteiger partial charge < -0.3 is 19.9 Å².